The number of nitrogens with zero attached hydrogens (tertiary/aromatic N) is 3. The van der Waals surface area contributed by atoms with Gasteiger partial charge in [-0.2, -0.15) is 0 Å². The van der Waals surface area contributed by atoms with E-state index in [0.717, 1.165) is 6.42 Å². The summed E-state index contributed by atoms with van der Waals surface area (Å²) in [6.07, 6.45) is 2.25. The summed E-state index contributed by atoms with van der Waals surface area (Å²) in [7, 11) is 0. The first-order chi connectivity index (χ1) is 7.57. The molecule has 88 valence electrons. The maximum Gasteiger partial charge on any atom is 0.332 e. The van der Waals surface area contributed by atoms with Crippen molar-refractivity contribution < 1.29 is 4.92 Å². The molecule has 0 fully saturated rings. The molecule has 0 amide bonds. The Hall–Kier alpha value is -1.72. The van der Waals surface area contributed by atoms with E-state index in [0.29, 0.717) is 18.1 Å². The zero-order valence-corrected chi connectivity index (χ0v) is 9.73. The van der Waals surface area contributed by atoms with Gasteiger partial charge >= 0.3 is 5.69 Å². The Kier molecular flexibility index (Phi) is 4.16. The molecule has 0 saturated heterocycles. The van der Waals surface area contributed by atoms with E-state index < -0.39 is 4.92 Å². The Bertz CT molecular complexity index is 379. The van der Waals surface area contributed by atoms with E-state index in [4.69, 9.17) is 0 Å². The highest BCUT2D eigenvalue weighted by atomic mass is 16.6. The molecular weight excluding hydrogens is 208 g/mol. The third kappa shape index (κ3) is 2.65. The normalized spacial score (nSPS) is 10.5. The van der Waals surface area contributed by atoms with Gasteiger partial charge < -0.3 is 5.32 Å². The number of anilines is 1. The first kappa shape index (κ1) is 12.4. The molecule has 1 N–H and O–H groups in total. The minimum atomic E-state index is -0.423. The van der Waals surface area contributed by atoms with Gasteiger partial charge in [0, 0.05) is 12.5 Å². The highest BCUT2D eigenvalue weighted by Crippen LogP contribution is 2.29. The van der Waals surface area contributed by atoms with Gasteiger partial charge in [0.05, 0.1) is 4.92 Å². The lowest BCUT2D eigenvalue weighted by Crippen LogP contribution is -2.09. The van der Waals surface area contributed by atoms with Gasteiger partial charge in [-0.1, -0.05) is 20.8 Å². The van der Waals surface area contributed by atoms with Crippen LogP contribution in [0.4, 0.5) is 11.5 Å². The van der Waals surface area contributed by atoms with Crippen LogP contribution < -0.4 is 5.32 Å². The molecule has 0 saturated carbocycles. The van der Waals surface area contributed by atoms with Gasteiger partial charge in [0.25, 0.3) is 0 Å². The molecule has 1 aromatic heterocycles. The SMILES string of the molecule is CCCNc1ncnc(C(C)C)c1[N+](=O)[O-]. The molecule has 16 heavy (non-hydrogen) atoms. The molecule has 0 spiro atoms. The fourth-order valence-corrected chi connectivity index (χ4v) is 1.37. The summed E-state index contributed by atoms with van der Waals surface area (Å²) in [6, 6.07) is 0. The zero-order valence-electron chi connectivity index (χ0n) is 9.73. The van der Waals surface area contributed by atoms with Crippen molar-refractivity contribution in [2.75, 3.05) is 11.9 Å². The molecule has 6 nitrogen and oxygen atoms in total. The van der Waals surface area contributed by atoms with Crippen LogP contribution in [0.5, 0.6) is 0 Å². The van der Waals surface area contributed by atoms with Crippen molar-refractivity contribution in [2.45, 2.75) is 33.1 Å². The van der Waals surface area contributed by atoms with E-state index in [-0.39, 0.29) is 11.6 Å². The molecule has 0 unspecified atom stereocenters. The number of nitro groups is 1. The highest BCUT2D eigenvalue weighted by Gasteiger charge is 2.23. The van der Waals surface area contributed by atoms with E-state index in [1.165, 1.54) is 6.33 Å². The van der Waals surface area contributed by atoms with Crippen molar-refractivity contribution in [1.82, 2.24) is 9.97 Å². The fourth-order valence-electron chi connectivity index (χ4n) is 1.37. The number of nitrogens with one attached hydrogen (secondary N) is 1. The van der Waals surface area contributed by atoms with Crippen LogP contribution in [0.25, 0.3) is 0 Å². The number of rotatable bonds is 5. The summed E-state index contributed by atoms with van der Waals surface area (Å²) in [6.45, 7) is 6.40. The molecule has 0 radical (unpaired) electrons. The Balaban J connectivity index is 3.16. The number of hydrogen-bond donors (Lipinski definition) is 1. The van der Waals surface area contributed by atoms with Crippen molar-refractivity contribution >= 4 is 11.5 Å². The largest absolute Gasteiger partial charge is 0.364 e. The molecular formula is C10H16N4O2. The maximum atomic E-state index is 11.0. The summed E-state index contributed by atoms with van der Waals surface area (Å²) >= 11 is 0. The standard InChI is InChI=1S/C10H16N4O2/c1-4-5-11-10-9(14(15)16)8(7(2)3)12-6-13-10/h6-7H,4-5H2,1-3H3,(H,11,12,13). The van der Waals surface area contributed by atoms with Crippen LogP contribution in [0.1, 0.15) is 38.8 Å². The monoisotopic (exact) mass is 224 g/mol. The molecule has 0 aliphatic rings. The van der Waals surface area contributed by atoms with Gasteiger partial charge in [0.2, 0.25) is 5.82 Å². The summed E-state index contributed by atoms with van der Waals surface area (Å²) < 4.78 is 0. The van der Waals surface area contributed by atoms with Crippen molar-refractivity contribution in [3.8, 4) is 0 Å². The van der Waals surface area contributed by atoms with Crippen LogP contribution in [0.3, 0.4) is 0 Å². The smallest absolute Gasteiger partial charge is 0.332 e. The van der Waals surface area contributed by atoms with E-state index in [1.54, 1.807) is 0 Å². The second-order valence-electron chi connectivity index (χ2n) is 3.79. The van der Waals surface area contributed by atoms with E-state index >= 15 is 0 Å². The summed E-state index contributed by atoms with van der Waals surface area (Å²) in [5, 5.41) is 13.9. The van der Waals surface area contributed by atoms with Gasteiger partial charge in [-0.25, -0.2) is 9.97 Å². The molecule has 1 aromatic rings. The van der Waals surface area contributed by atoms with Crippen LogP contribution in [0.15, 0.2) is 6.33 Å². The predicted molar refractivity (Wildman–Crippen MR) is 61.6 cm³/mol. The zero-order chi connectivity index (χ0) is 12.1. The van der Waals surface area contributed by atoms with Gasteiger partial charge in [-0.3, -0.25) is 10.1 Å². The molecule has 1 rings (SSSR count). The minimum absolute atomic E-state index is 0.00516. The van der Waals surface area contributed by atoms with Crippen LogP contribution in [-0.2, 0) is 0 Å². The fraction of sp³-hybridized carbons (Fsp3) is 0.600. The molecule has 0 aromatic carbocycles. The van der Waals surface area contributed by atoms with Gasteiger partial charge in [-0.05, 0) is 6.42 Å². The molecule has 0 aliphatic carbocycles. The Morgan fingerprint density at radius 3 is 2.69 bits per heavy atom. The third-order valence-corrected chi connectivity index (χ3v) is 2.12. The van der Waals surface area contributed by atoms with Crippen LogP contribution in [0.2, 0.25) is 0 Å². The van der Waals surface area contributed by atoms with Gasteiger partial charge in [0.1, 0.15) is 12.0 Å². The average molecular weight is 224 g/mol. The Labute approximate surface area is 94.3 Å². The maximum absolute atomic E-state index is 11.0. The lowest BCUT2D eigenvalue weighted by molar-refractivity contribution is -0.385. The lowest BCUT2D eigenvalue weighted by atomic mass is 10.1. The average Bonchev–Trinajstić information content (AvgIpc) is 2.25. The van der Waals surface area contributed by atoms with Crippen LogP contribution in [0, 0.1) is 10.1 Å². The second kappa shape index (κ2) is 5.39. The van der Waals surface area contributed by atoms with Gasteiger partial charge in [0.15, 0.2) is 0 Å². The number of aromatic nitrogens is 2. The topological polar surface area (TPSA) is 81.0 Å². The Morgan fingerprint density at radius 1 is 1.50 bits per heavy atom. The molecule has 6 heteroatoms. The molecule has 0 aliphatic heterocycles. The van der Waals surface area contributed by atoms with Crippen molar-refractivity contribution in [2.24, 2.45) is 0 Å². The highest BCUT2D eigenvalue weighted by molar-refractivity contribution is 5.58. The van der Waals surface area contributed by atoms with E-state index in [2.05, 4.69) is 15.3 Å². The van der Waals surface area contributed by atoms with Crippen molar-refractivity contribution in [1.29, 1.82) is 0 Å². The second-order valence-corrected chi connectivity index (χ2v) is 3.79. The van der Waals surface area contributed by atoms with Crippen molar-refractivity contribution in [3.05, 3.63) is 22.1 Å². The minimum Gasteiger partial charge on any atom is -0.364 e. The first-order valence-corrected chi connectivity index (χ1v) is 5.31. The summed E-state index contributed by atoms with van der Waals surface area (Å²) in [4.78, 5) is 18.5. The molecule has 1 heterocycles. The molecule has 0 atom stereocenters. The number of hydrogen-bond acceptors (Lipinski definition) is 5. The summed E-state index contributed by atoms with van der Waals surface area (Å²) in [5.74, 6) is 0.316. The first-order valence-electron chi connectivity index (χ1n) is 5.31. The van der Waals surface area contributed by atoms with Crippen molar-refractivity contribution in [3.63, 3.8) is 0 Å². The van der Waals surface area contributed by atoms with Gasteiger partial charge in [-0.15, -0.1) is 0 Å². The lowest BCUT2D eigenvalue weighted by Gasteiger charge is -2.09. The van der Waals surface area contributed by atoms with Crippen LogP contribution >= 0.6 is 0 Å². The quantitative estimate of drug-likeness (QED) is 0.613. The predicted octanol–water partition coefficient (Wildman–Crippen LogP) is 2.33. The summed E-state index contributed by atoms with van der Waals surface area (Å²) in [5.41, 5.74) is 0.463. The van der Waals surface area contributed by atoms with Crippen LogP contribution in [-0.4, -0.2) is 21.4 Å². The van der Waals surface area contributed by atoms with E-state index in [9.17, 15) is 10.1 Å². The Morgan fingerprint density at radius 2 is 2.19 bits per heavy atom. The van der Waals surface area contributed by atoms with E-state index in [1.807, 2.05) is 20.8 Å². The molecule has 0 bridgehead atoms. The third-order valence-electron chi connectivity index (χ3n) is 2.12.